The lowest BCUT2D eigenvalue weighted by molar-refractivity contribution is 0.626. The van der Waals surface area contributed by atoms with Gasteiger partial charge >= 0.3 is 0 Å². The van der Waals surface area contributed by atoms with Crippen LogP contribution in [0.3, 0.4) is 0 Å². The van der Waals surface area contributed by atoms with Crippen molar-refractivity contribution in [1.29, 1.82) is 5.26 Å². The first kappa shape index (κ1) is 8.72. The average Bonchev–Trinajstić information content (AvgIpc) is 2.85. The van der Waals surface area contributed by atoms with Crippen molar-refractivity contribution in [1.82, 2.24) is 0 Å². The van der Waals surface area contributed by atoms with Crippen molar-refractivity contribution in [2.24, 2.45) is 11.8 Å². The van der Waals surface area contributed by atoms with E-state index in [1.54, 1.807) is 6.07 Å². The predicted octanol–water partition coefficient (Wildman–Crippen LogP) is 2.15. The first-order valence-corrected chi connectivity index (χ1v) is 5.22. The molecular weight excluding hydrogens is 191 g/mol. The van der Waals surface area contributed by atoms with Crippen molar-refractivity contribution in [3.63, 3.8) is 0 Å². The van der Waals surface area contributed by atoms with Crippen molar-refractivity contribution in [3.05, 3.63) is 29.6 Å². The molecule has 1 aliphatic carbocycles. The largest absolute Gasteiger partial charge is 0.371 e. The Hall–Kier alpha value is -1.56. The SMILES string of the molecule is N#Cc1cc(F)cc(N2C[C@H]3C[C@H]3C2)c1. The molecule has 0 spiro atoms. The Balaban J connectivity index is 1.91. The van der Waals surface area contributed by atoms with E-state index in [1.807, 2.05) is 6.07 Å². The number of rotatable bonds is 1. The molecule has 1 aromatic carbocycles. The molecule has 2 nitrogen and oxygen atoms in total. The van der Waals surface area contributed by atoms with Crippen LogP contribution in [-0.2, 0) is 0 Å². The minimum absolute atomic E-state index is 0.315. The molecule has 2 fully saturated rings. The summed E-state index contributed by atoms with van der Waals surface area (Å²) in [6.45, 7) is 2.05. The van der Waals surface area contributed by atoms with Crippen molar-refractivity contribution in [3.8, 4) is 6.07 Å². The number of nitrogens with zero attached hydrogens (tertiary/aromatic N) is 2. The van der Waals surface area contributed by atoms with E-state index < -0.39 is 0 Å². The molecule has 2 aliphatic rings. The summed E-state index contributed by atoms with van der Waals surface area (Å²) in [6.07, 6.45) is 1.33. The van der Waals surface area contributed by atoms with Gasteiger partial charge < -0.3 is 4.90 Å². The summed E-state index contributed by atoms with van der Waals surface area (Å²) >= 11 is 0. The van der Waals surface area contributed by atoms with Crippen molar-refractivity contribution < 1.29 is 4.39 Å². The van der Waals surface area contributed by atoms with E-state index in [-0.39, 0.29) is 5.82 Å². The molecule has 1 saturated heterocycles. The molecule has 2 atom stereocenters. The Morgan fingerprint density at radius 3 is 2.67 bits per heavy atom. The topological polar surface area (TPSA) is 27.0 Å². The van der Waals surface area contributed by atoms with Crippen LogP contribution in [0.5, 0.6) is 0 Å². The Labute approximate surface area is 87.9 Å². The Morgan fingerprint density at radius 2 is 2.00 bits per heavy atom. The summed E-state index contributed by atoms with van der Waals surface area (Å²) < 4.78 is 13.2. The molecule has 0 N–H and O–H groups in total. The van der Waals surface area contributed by atoms with Crippen LogP contribution < -0.4 is 4.90 Å². The van der Waals surface area contributed by atoms with Crippen LogP contribution in [0.1, 0.15) is 12.0 Å². The first-order valence-electron chi connectivity index (χ1n) is 5.22. The molecule has 1 aromatic rings. The monoisotopic (exact) mass is 202 g/mol. The smallest absolute Gasteiger partial charge is 0.126 e. The molecule has 0 unspecified atom stereocenters. The molecule has 1 heterocycles. The second kappa shape index (κ2) is 2.96. The van der Waals surface area contributed by atoms with Gasteiger partial charge in [-0.3, -0.25) is 0 Å². The summed E-state index contributed by atoms with van der Waals surface area (Å²) in [5.74, 6) is 1.32. The molecule has 0 amide bonds. The highest BCUT2D eigenvalue weighted by Crippen LogP contribution is 2.46. The first-order chi connectivity index (χ1) is 7.26. The van der Waals surface area contributed by atoms with Gasteiger partial charge in [-0.2, -0.15) is 5.26 Å². The third-order valence-corrected chi connectivity index (χ3v) is 3.36. The number of piperidine rings is 1. The highest BCUT2D eigenvalue weighted by atomic mass is 19.1. The maximum Gasteiger partial charge on any atom is 0.126 e. The number of halogens is 1. The lowest BCUT2D eigenvalue weighted by Gasteiger charge is -2.20. The van der Waals surface area contributed by atoms with Crippen molar-refractivity contribution in [2.75, 3.05) is 18.0 Å². The summed E-state index contributed by atoms with van der Waals surface area (Å²) in [7, 11) is 0. The quantitative estimate of drug-likeness (QED) is 0.697. The fraction of sp³-hybridized carbons (Fsp3) is 0.417. The normalized spacial score (nSPS) is 27.3. The standard InChI is InChI=1S/C12H11FN2/c13-11-1-8(5-14)2-12(4-11)15-6-9-3-10(9)7-15/h1-2,4,9-10H,3,6-7H2/t9-,10+. The molecule has 76 valence electrons. The lowest BCUT2D eigenvalue weighted by atomic mass is 10.2. The molecule has 0 radical (unpaired) electrons. The average molecular weight is 202 g/mol. The third kappa shape index (κ3) is 1.46. The van der Waals surface area contributed by atoms with Crippen molar-refractivity contribution in [2.45, 2.75) is 6.42 Å². The predicted molar refractivity (Wildman–Crippen MR) is 54.9 cm³/mol. The van der Waals surface area contributed by atoms with Gasteiger partial charge in [-0.25, -0.2) is 4.39 Å². The molecule has 3 rings (SSSR count). The molecule has 1 aliphatic heterocycles. The number of benzene rings is 1. The summed E-state index contributed by atoms with van der Waals surface area (Å²) in [4.78, 5) is 2.18. The van der Waals surface area contributed by atoms with Gasteiger partial charge in [0.2, 0.25) is 0 Å². The van der Waals surface area contributed by atoms with Crippen LogP contribution in [0.15, 0.2) is 18.2 Å². The van der Waals surface area contributed by atoms with Gasteiger partial charge in [0.1, 0.15) is 5.82 Å². The Kier molecular flexibility index (Phi) is 1.72. The van der Waals surface area contributed by atoms with Gasteiger partial charge in [-0.15, -0.1) is 0 Å². The minimum atomic E-state index is -0.315. The van der Waals surface area contributed by atoms with E-state index in [1.165, 1.54) is 18.6 Å². The van der Waals surface area contributed by atoms with E-state index >= 15 is 0 Å². The van der Waals surface area contributed by atoms with Crippen molar-refractivity contribution >= 4 is 5.69 Å². The number of fused-ring (bicyclic) bond motifs is 1. The zero-order valence-electron chi connectivity index (χ0n) is 8.28. The highest BCUT2D eigenvalue weighted by Gasteiger charge is 2.45. The van der Waals surface area contributed by atoms with Gasteiger partial charge in [-0.1, -0.05) is 0 Å². The number of nitriles is 1. The number of hydrogen-bond donors (Lipinski definition) is 0. The fourth-order valence-corrected chi connectivity index (χ4v) is 2.43. The molecule has 1 saturated carbocycles. The van der Waals surface area contributed by atoms with Gasteiger partial charge in [0.15, 0.2) is 0 Å². The van der Waals surface area contributed by atoms with Crippen LogP contribution in [0, 0.1) is 29.0 Å². The maximum absolute atomic E-state index is 13.2. The second-order valence-corrected chi connectivity index (χ2v) is 4.47. The zero-order valence-corrected chi connectivity index (χ0v) is 8.28. The summed E-state index contributed by atoms with van der Waals surface area (Å²) in [5.41, 5.74) is 1.27. The molecular formula is C12H11FN2. The zero-order chi connectivity index (χ0) is 10.4. The maximum atomic E-state index is 13.2. The van der Waals surface area contributed by atoms with E-state index in [2.05, 4.69) is 4.90 Å². The minimum Gasteiger partial charge on any atom is -0.371 e. The van der Waals surface area contributed by atoms with Crippen LogP contribution >= 0.6 is 0 Å². The van der Waals surface area contributed by atoms with E-state index in [0.29, 0.717) is 5.56 Å². The van der Waals surface area contributed by atoms with E-state index in [9.17, 15) is 4.39 Å². The molecule has 0 bridgehead atoms. The van der Waals surface area contributed by atoms with E-state index in [0.717, 1.165) is 30.6 Å². The van der Waals surface area contributed by atoms with Crippen LogP contribution in [-0.4, -0.2) is 13.1 Å². The van der Waals surface area contributed by atoms with Crippen LogP contribution in [0.4, 0.5) is 10.1 Å². The lowest BCUT2D eigenvalue weighted by Crippen LogP contribution is -2.21. The Morgan fingerprint density at radius 1 is 1.27 bits per heavy atom. The summed E-state index contributed by atoms with van der Waals surface area (Å²) in [6, 6.07) is 6.56. The van der Waals surface area contributed by atoms with E-state index in [4.69, 9.17) is 5.26 Å². The van der Waals surface area contributed by atoms with Gasteiger partial charge in [0, 0.05) is 18.8 Å². The molecule has 15 heavy (non-hydrogen) atoms. The molecule has 0 aromatic heterocycles. The third-order valence-electron chi connectivity index (χ3n) is 3.36. The fourth-order valence-electron chi connectivity index (χ4n) is 2.43. The van der Waals surface area contributed by atoms with Crippen LogP contribution in [0.25, 0.3) is 0 Å². The van der Waals surface area contributed by atoms with Gasteiger partial charge in [-0.05, 0) is 36.5 Å². The Bertz CT molecular complexity index is 439. The van der Waals surface area contributed by atoms with Crippen LogP contribution in [0.2, 0.25) is 0 Å². The number of anilines is 1. The molecule has 3 heteroatoms. The number of hydrogen-bond acceptors (Lipinski definition) is 2. The van der Waals surface area contributed by atoms with Gasteiger partial charge in [0.25, 0.3) is 0 Å². The highest BCUT2D eigenvalue weighted by molar-refractivity contribution is 5.53. The second-order valence-electron chi connectivity index (χ2n) is 4.47. The summed E-state index contributed by atoms with van der Waals surface area (Å²) in [5, 5.41) is 8.75. The van der Waals surface area contributed by atoms with Gasteiger partial charge in [0.05, 0.1) is 11.6 Å².